The fourth-order valence-corrected chi connectivity index (χ4v) is 0.864. The predicted octanol–water partition coefficient (Wildman–Crippen LogP) is 1.51. The summed E-state index contributed by atoms with van der Waals surface area (Å²) in [4.78, 5) is 13.7. The fourth-order valence-electron chi connectivity index (χ4n) is 0.864. The fraction of sp³-hybridized carbons (Fsp3) is 0.200. The summed E-state index contributed by atoms with van der Waals surface area (Å²) in [5.74, 6) is -0.245. The first-order valence-corrected chi connectivity index (χ1v) is 4.16. The summed E-state index contributed by atoms with van der Waals surface area (Å²) in [6.45, 7) is 1.36. The number of aromatic nitrogens is 2. The Labute approximate surface area is 82.1 Å². The highest BCUT2D eigenvalue weighted by Gasteiger charge is 1.85. The smallest absolute Gasteiger partial charge is 0.302 e. The van der Waals surface area contributed by atoms with Crippen LogP contribution in [0.4, 0.5) is 0 Å². The van der Waals surface area contributed by atoms with Crippen LogP contribution < -0.4 is 0 Å². The van der Waals surface area contributed by atoms with E-state index in [0.717, 1.165) is 5.65 Å². The molecule has 0 aliphatic carbocycles. The minimum absolute atomic E-state index is 0.245. The molecule has 0 saturated carbocycles. The number of methoxy groups -OCH3 is 1. The van der Waals surface area contributed by atoms with Crippen LogP contribution in [0.3, 0.4) is 0 Å². The highest BCUT2D eigenvalue weighted by molar-refractivity contribution is 5.65. The molecule has 74 valence electrons. The molecule has 0 saturated heterocycles. The van der Waals surface area contributed by atoms with E-state index in [4.69, 9.17) is 0 Å². The van der Waals surface area contributed by atoms with Gasteiger partial charge in [-0.15, -0.1) is 0 Å². The molecule has 2 rings (SSSR count). The second kappa shape index (κ2) is 5.01. The monoisotopic (exact) mass is 192 g/mol. The third kappa shape index (κ3) is 2.90. The van der Waals surface area contributed by atoms with Crippen molar-refractivity contribution in [2.24, 2.45) is 0 Å². The van der Waals surface area contributed by atoms with Crippen LogP contribution in [-0.2, 0) is 9.53 Å². The molecule has 2 aromatic rings. The van der Waals surface area contributed by atoms with E-state index >= 15 is 0 Å². The Morgan fingerprint density at radius 3 is 2.71 bits per heavy atom. The number of imidazole rings is 1. The van der Waals surface area contributed by atoms with Gasteiger partial charge in [-0.2, -0.15) is 0 Å². The Balaban J connectivity index is 0.000000171. The molecule has 14 heavy (non-hydrogen) atoms. The van der Waals surface area contributed by atoms with Crippen molar-refractivity contribution in [3.05, 3.63) is 36.8 Å². The van der Waals surface area contributed by atoms with Gasteiger partial charge >= 0.3 is 5.97 Å². The average Bonchev–Trinajstić information content (AvgIpc) is 2.66. The van der Waals surface area contributed by atoms with E-state index in [2.05, 4.69) is 9.72 Å². The first kappa shape index (κ1) is 10.2. The van der Waals surface area contributed by atoms with Crippen molar-refractivity contribution in [3.63, 3.8) is 0 Å². The van der Waals surface area contributed by atoms with E-state index in [1.165, 1.54) is 14.0 Å². The van der Waals surface area contributed by atoms with Crippen molar-refractivity contribution in [2.75, 3.05) is 7.11 Å². The Morgan fingerprint density at radius 1 is 1.43 bits per heavy atom. The maximum atomic E-state index is 9.59. The molecule has 0 aliphatic rings. The minimum Gasteiger partial charge on any atom is -0.469 e. The summed E-state index contributed by atoms with van der Waals surface area (Å²) in [6, 6.07) is 5.93. The number of carbonyl (C=O) groups excluding carboxylic acids is 1. The van der Waals surface area contributed by atoms with Gasteiger partial charge in [0.05, 0.1) is 7.11 Å². The summed E-state index contributed by atoms with van der Waals surface area (Å²) in [7, 11) is 1.35. The topological polar surface area (TPSA) is 43.6 Å². The molecule has 4 nitrogen and oxygen atoms in total. The lowest BCUT2D eigenvalue weighted by Gasteiger charge is -1.86. The van der Waals surface area contributed by atoms with E-state index in [1.807, 2.05) is 35.0 Å². The maximum absolute atomic E-state index is 9.59. The number of hydrogen-bond acceptors (Lipinski definition) is 3. The second-order valence-corrected chi connectivity index (χ2v) is 2.59. The molecule has 0 N–H and O–H groups in total. The Bertz CT molecular complexity index is 379. The van der Waals surface area contributed by atoms with Crippen LogP contribution in [0.5, 0.6) is 0 Å². The highest BCUT2D eigenvalue weighted by atomic mass is 16.5. The van der Waals surface area contributed by atoms with Gasteiger partial charge in [0.25, 0.3) is 0 Å². The molecule has 0 amide bonds. The Kier molecular flexibility index (Phi) is 3.67. The van der Waals surface area contributed by atoms with Crippen LogP contribution in [0.15, 0.2) is 36.8 Å². The van der Waals surface area contributed by atoms with E-state index < -0.39 is 0 Å². The Hall–Kier alpha value is -1.84. The van der Waals surface area contributed by atoms with E-state index in [9.17, 15) is 4.79 Å². The van der Waals surface area contributed by atoms with E-state index in [1.54, 1.807) is 6.20 Å². The molecule has 4 heteroatoms. The van der Waals surface area contributed by atoms with Crippen LogP contribution in [-0.4, -0.2) is 22.5 Å². The van der Waals surface area contributed by atoms with Crippen LogP contribution in [0.25, 0.3) is 5.65 Å². The number of carbonyl (C=O) groups is 1. The zero-order valence-electron chi connectivity index (χ0n) is 8.18. The van der Waals surface area contributed by atoms with Crippen molar-refractivity contribution in [1.82, 2.24) is 9.38 Å². The van der Waals surface area contributed by atoms with Crippen molar-refractivity contribution in [1.29, 1.82) is 0 Å². The summed E-state index contributed by atoms with van der Waals surface area (Å²) in [5.41, 5.74) is 0.998. The van der Waals surface area contributed by atoms with Crippen molar-refractivity contribution in [2.45, 2.75) is 6.92 Å². The summed E-state index contributed by atoms with van der Waals surface area (Å²) in [5, 5.41) is 0. The number of pyridine rings is 1. The summed E-state index contributed by atoms with van der Waals surface area (Å²) in [6.07, 6.45) is 5.69. The van der Waals surface area contributed by atoms with Gasteiger partial charge in [-0.25, -0.2) is 4.98 Å². The van der Waals surface area contributed by atoms with Gasteiger partial charge in [-0.1, -0.05) is 6.07 Å². The van der Waals surface area contributed by atoms with E-state index in [-0.39, 0.29) is 5.97 Å². The molecule has 0 bridgehead atoms. The molecule has 0 unspecified atom stereocenters. The number of ether oxygens (including phenoxy) is 1. The third-order valence-electron chi connectivity index (χ3n) is 1.59. The summed E-state index contributed by atoms with van der Waals surface area (Å²) >= 11 is 0. The summed E-state index contributed by atoms with van der Waals surface area (Å²) < 4.78 is 6.08. The zero-order valence-corrected chi connectivity index (χ0v) is 8.18. The standard InChI is InChI=1S/C7H6N2.C3H6O2/c1-2-5-9-6-4-8-7(9)3-1;1-3(4)5-2/h1-6H;1-2H3. The molecular weight excluding hydrogens is 180 g/mol. The number of esters is 1. The van der Waals surface area contributed by atoms with Crippen LogP contribution >= 0.6 is 0 Å². The minimum atomic E-state index is -0.245. The molecule has 0 aliphatic heterocycles. The molecular formula is C10H12N2O2. The number of rotatable bonds is 0. The lowest BCUT2D eigenvalue weighted by Crippen LogP contribution is -1.88. The maximum Gasteiger partial charge on any atom is 0.302 e. The zero-order chi connectivity index (χ0) is 10.4. The Morgan fingerprint density at radius 2 is 2.14 bits per heavy atom. The molecule has 0 radical (unpaired) electrons. The normalized spacial score (nSPS) is 9.00. The molecule has 0 aromatic carbocycles. The highest BCUT2D eigenvalue weighted by Crippen LogP contribution is 1.96. The predicted molar refractivity (Wildman–Crippen MR) is 52.9 cm³/mol. The molecule has 0 spiro atoms. The van der Waals surface area contributed by atoms with Crippen molar-refractivity contribution < 1.29 is 9.53 Å². The SMILES string of the molecule is COC(C)=O.c1ccn2ccnc2c1. The van der Waals surface area contributed by atoms with E-state index in [0.29, 0.717) is 0 Å². The largest absolute Gasteiger partial charge is 0.469 e. The lowest BCUT2D eigenvalue weighted by atomic mass is 10.5. The third-order valence-corrected chi connectivity index (χ3v) is 1.59. The van der Waals surface area contributed by atoms with Gasteiger partial charge in [0.15, 0.2) is 0 Å². The van der Waals surface area contributed by atoms with Crippen LogP contribution in [0.2, 0.25) is 0 Å². The number of fused-ring (bicyclic) bond motifs is 1. The van der Waals surface area contributed by atoms with Gasteiger partial charge < -0.3 is 9.14 Å². The van der Waals surface area contributed by atoms with Crippen LogP contribution in [0, 0.1) is 0 Å². The lowest BCUT2D eigenvalue weighted by molar-refractivity contribution is -0.137. The second-order valence-electron chi connectivity index (χ2n) is 2.59. The molecule has 0 atom stereocenters. The molecule has 2 aromatic heterocycles. The van der Waals surface area contributed by atoms with Crippen LogP contribution in [0.1, 0.15) is 6.92 Å². The number of nitrogens with zero attached hydrogens (tertiary/aromatic N) is 2. The first-order chi connectivity index (χ1) is 6.74. The van der Waals surface area contributed by atoms with Gasteiger partial charge in [0.2, 0.25) is 0 Å². The number of hydrogen-bond donors (Lipinski definition) is 0. The van der Waals surface area contributed by atoms with Crippen molar-refractivity contribution >= 4 is 11.6 Å². The van der Waals surface area contributed by atoms with Gasteiger partial charge in [-0.3, -0.25) is 4.79 Å². The van der Waals surface area contributed by atoms with Gasteiger partial charge in [0, 0.05) is 25.5 Å². The van der Waals surface area contributed by atoms with Crippen molar-refractivity contribution in [3.8, 4) is 0 Å². The first-order valence-electron chi connectivity index (χ1n) is 4.16. The quantitative estimate of drug-likeness (QED) is 0.594. The average molecular weight is 192 g/mol. The molecule has 0 fully saturated rings. The van der Waals surface area contributed by atoms with Gasteiger partial charge in [0.1, 0.15) is 5.65 Å². The van der Waals surface area contributed by atoms with Gasteiger partial charge in [-0.05, 0) is 12.1 Å². The molecule has 2 heterocycles.